The molecule has 0 aromatic heterocycles. The van der Waals surface area contributed by atoms with Crippen LogP contribution in [0, 0.1) is 3.57 Å². The highest BCUT2D eigenvalue weighted by atomic mass is 127. The summed E-state index contributed by atoms with van der Waals surface area (Å²) < 4.78 is 1.12. The van der Waals surface area contributed by atoms with Crippen LogP contribution in [0.15, 0.2) is 18.2 Å². The molecule has 3 heteroatoms. The fraction of sp³-hybridized carbons (Fsp3) is 0.696. The van der Waals surface area contributed by atoms with Crippen LogP contribution < -0.4 is 0 Å². The van der Waals surface area contributed by atoms with Gasteiger partial charge >= 0.3 is 5.97 Å². The van der Waals surface area contributed by atoms with E-state index in [9.17, 15) is 9.90 Å². The minimum atomic E-state index is -0.804. The Hall–Kier alpha value is -0.580. The summed E-state index contributed by atoms with van der Waals surface area (Å²) >= 11 is 2.25. The maximum Gasteiger partial charge on any atom is 0.335 e. The van der Waals surface area contributed by atoms with Crippen molar-refractivity contribution in [2.75, 3.05) is 0 Å². The van der Waals surface area contributed by atoms with Crippen molar-refractivity contribution in [2.24, 2.45) is 0 Å². The number of halogens is 1. The van der Waals surface area contributed by atoms with Gasteiger partial charge in [0.05, 0.1) is 5.56 Å². The van der Waals surface area contributed by atoms with Crippen LogP contribution >= 0.6 is 22.6 Å². The predicted octanol–water partition coefficient (Wildman–Crippen LogP) is 8.01. The average molecular weight is 472 g/mol. The minimum Gasteiger partial charge on any atom is -0.478 e. The zero-order valence-corrected chi connectivity index (χ0v) is 18.7. The van der Waals surface area contributed by atoms with Crippen molar-refractivity contribution in [3.05, 3.63) is 32.9 Å². The Morgan fingerprint density at radius 3 is 1.73 bits per heavy atom. The molecule has 0 amide bonds. The Morgan fingerprint density at radius 1 is 0.808 bits per heavy atom. The van der Waals surface area contributed by atoms with Crippen LogP contribution in [0.5, 0.6) is 0 Å². The van der Waals surface area contributed by atoms with E-state index in [4.69, 9.17) is 0 Å². The molecule has 0 atom stereocenters. The van der Waals surface area contributed by atoms with E-state index in [-0.39, 0.29) is 0 Å². The van der Waals surface area contributed by atoms with E-state index >= 15 is 0 Å². The number of hydrogen-bond donors (Lipinski definition) is 1. The van der Waals surface area contributed by atoms with E-state index in [1.54, 1.807) is 6.07 Å². The molecule has 0 unspecified atom stereocenters. The minimum absolute atomic E-state index is 0.472. The van der Waals surface area contributed by atoms with E-state index in [1.807, 2.05) is 12.1 Å². The lowest BCUT2D eigenvalue weighted by Gasteiger charge is -2.07. The van der Waals surface area contributed by atoms with E-state index in [2.05, 4.69) is 29.5 Å². The van der Waals surface area contributed by atoms with Crippen molar-refractivity contribution in [3.63, 3.8) is 0 Å². The number of benzene rings is 1. The van der Waals surface area contributed by atoms with Gasteiger partial charge in [-0.1, -0.05) is 90.4 Å². The van der Waals surface area contributed by atoms with Crippen LogP contribution in [-0.4, -0.2) is 11.1 Å². The summed E-state index contributed by atoms with van der Waals surface area (Å²) in [5, 5.41) is 9.27. The molecule has 0 aliphatic heterocycles. The Balaban J connectivity index is 1.97. The molecule has 1 rings (SSSR count). The van der Waals surface area contributed by atoms with Crippen molar-refractivity contribution < 1.29 is 9.90 Å². The zero-order chi connectivity index (χ0) is 19.0. The largest absolute Gasteiger partial charge is 0.478 e. The highest BCUT2D eigenvalue weighted by molar-refractivity contribution is 14.1. The molecule has 0 saturated carbocycles. The predicted molar refractivity (Wildman–Crippen MR) is 120 cm³/mol. The number of aryl methyl sites for hydroxylation is 1. The van der Waals surface area contributed by atoms with E-state index in [1.165, 1.54) is 83.5 Å². The molecule has 0 heterocycles. The molecule has 1 aromatic carbocycles. The quantitative estimate of drug-likeness (QED) is 0.195. The second kappa shape index (κ2) is 15.5. The number of hydrogen-bond acceptors (Lipinski definition) is 1. The monoisotopic (exact) mass is 472 g/mol. The molecule has 0 radical (unpaired) electrons. The Labute approximate surface area is 174 Å². The molecular formula is C23H37IO2. The Bertz CT molecular complexity index is 499. The van der Waals surface area contributed by atoms with Gasteiger partial charge in [0, 0.05) is 3.57 Å². The summed E-state index contributed by atoms with van der Waals surface area (Å²) in [6, 6.07) is 5.63. The number of rotatable bonds is 16. The number of aromatic carboxylic acids is 1. The van der Waals surface area contributed by atoms with Gasteiger partial charge in [-0.05, 0) is 59.2 Å². The van der Waals surface area contributed by atoms with Crippen molar-refractivity contribution in [3.8, 4) is 0 Å². The van der Waals surface area contributed by atoms with Crippen molar-refractivity contribution in [1.82, 2.24) is 0 Å². The van der Waals surface area contributed by atoms with Gasteiger partial charge in [0.25, 0.3) is 0 Å². The van der Waals surface area contributed by atoms with Crippen molar-refractivity contribution in [1.29, 1.82) is 0 Å². The third kappa shape index (κ3) is 11.2. The van der Waals surface area contributed by atoms with E-state index < -0.39 is 5.97 Å². The number of carboxylic acids is 1. The SMILES string of the molecule is CCCCCCCCCCCCCCCCc1cc(I)ccc1C(=O)O. The topological polar surface area (TPSA) is 37.3 Å². The fourth-order valence-corrected chi connectivity index (χ4v) is 4.04. The standard InChI is InChI=1S/C23H37IO2/c1-2-3-4-5-6-7-8-9-10-11-12-13-14-15-16-20-19-21(24)17-18-22(20)23(25)26/h17-19H,2-16H2,1H3,(H,25,26). The smallest absolute Gasteiger partial charge is 0.335 e. The lowest BCUT2D eigenvalue weighted by atomic mass is 10.00. The summed E-state index contributed by atoms with van der Waals surface area (Å²) in [5.74, 6) is -0.804. The maximum absolute atomic E-state index is 11.3. The third-order valence-electron chi connectivity index (χ3n) is 5.10. The molecule has 0 aliphatic rings. The molecule has 0 aliphatic carbocycles. The number of carbonyl (C=O) groups is 1. The first-order valence-corrected chi connectivity index (χ1v) is 11.7. The van der Waals surface area contributed by atoms with Crippen LogP contribution in [0.25, 0.3) is 0 Å². The van der Waals surface area contributed by atoms with Gasteiger partial charge in [0.1, 0.15) is 0 Å². The Morgan fingerprint density at radius 2 is 1.27 bits per heavy atom. The van der Waals surface area contributed by atoms with Crippen molar-refractivity contribution in [2.45, 2.75) is 103 Å². The molecule has 0 saturated heterocycles. The lowest BCUT2D eigenvalue weighted by Crippen LogP contribution is -2.03. The first-order chi connectivity index (χ1) is 12.6. The molecule has 1 N–H and O–H groups in total. The third-order valence-corrected chi connectivity index (χ3v) is 5.77. The van der Waals surface area contributed by atoms with Crippen LogP contribution in [0.2, 0.25) is 0 Å². The summed E-state index contributed by atoms with van der Waals surface area (Å²) in [7, 11) is 0. The van der Waals surface area contributed by atoms with Crippen LogP contribution in [0.4, 0.5) is 0 Å². The van der Waals surface area contributed by atoms with Gasteiger partial charge in [-0.3, -0.25) is 0 Å². The van der Waals surface area contributed by atoms with Crippen molar-refractivity contribution >= 4 is 28.6 Å². The van der Waals surface area contributed by atoms with Crippen LogP contribution in [0.1, 0.15) is 113 Å². The molecular weight excluding hydrogens is 435 g/mol. The Kier molecular flexibility index (Phi) is 14.0. The molecule has 26 heavy (non-hydrogen) atoms. The van der Waals surface area contributed by atoms with Gasteiger partial charge in [-0.25, -0.2) is 4.79 Å². The van der Waals surface area contributed by atoms with Gasteiger partial charge in [-0.2, -0.15) is 0 Å². The number of carboxylic acid groups (broad SMARTS) is 1. The summed E-state index contributed by atoms with van der Waals surface area (Å²) in [6.45, 7) is 2.27. The molecule has 148 valence electrons. The molecule has 2 nitrogen and oxygen atoms in total. The maximum atomic E-state index is 11.3. The summed E-state index contributed by atoms with van der Waals surface area (Å²) in [5.41, 5.74) is 1.46. The average Bonchev–Trinajstić information content (AvgIpc) is 2.61. The number of unbranched alkanes of at least 4 members (excludes halogenated alkanes) is 13. The summed E-state index contributed by atoms with van der Waals surface area (Å²) in [4.78, 5) is 11.3. The molecule has 0 fully saturated rings. The first kappa shape index (κ1) is 23.5. The molecule has 0 bridgehead atoms. The van der Waals surface area contributed by atoms with Gasteiger partial charge in [0.2, 0.25) is 0 Å². The second-order valence-corrected chi connectivity index (χ2v) is 8.70. The van der Waals surface area contributed by atoms with Gasteiger partial charge in [0.15, 0.2) is 0 Å². The normalized spacial score (nSPS) is 11.0. The van der Waals surface area contributed by atoms with Crippen LogP contribution in [0.3, 0.4) is 0 Å². The highest BCUT2D eigenvalue weighted by Gasteiger charge is 2.09. The van der Waals surface area contributed by atoms with Crippen LogP contribution in [-0.2, 0) is 6.42 Å². The first-order valence-electron chi connectivity index (χ1n) is 10.7. The van der Waals surface area contributed by atoms with E-state index in [0.29, 0.717) is 5.56 Å². The second-order valence-electron chi connectivity index (χ2n) is 7.45. The fourth-order valence-electron chi connectivity index (χ4n) is 3.49. The molecule has 1 aromatic rings. The van der Waals surface area contributed by atoms with Gasteiger partial charge < -0.3 is 5.11 Å². The summed E-state index contributed by atoms with van der Waals surface area (Å²) in [6.07, 6.45) is 19.8. The zero-order valence-electron chi connectivity index (χ0n) is 16.6. The van der Waals surface area contributed by atoms with E-state index in [0.717, 1.165) is 22.0 Å². The molecule has 0 spiro atoms. The highest BCUT2D eigenvalue weighted by Crippen LogP contribution is 2.18. The lowest BCUT2D eigenvalue weighted by molar-refractivity contribution is 0.0695. The van der Waals surface area contributed by atoms with Gasteiger partial charge in [-0.15, -0.1) is 0 Å².